The van der Waals surface area contributed by atoms with E-state index in [2.05, 4.69) is 36.2 Å². The number of nitrogens with one attached hydrogen (secondary N) is 1. The molecular formula is C13H20F3N5. The van der Waals surface area contributed by atoms with Crippen molar-refractivity contribution >= 4 is 11.8 Å². The summed E-state index contributed by atoms with van der Waals surface area (Å²) in [5, 5.41) is 0. The lowest BCUT2D eigenvalue weighted by molar-refractivity contribution is -0.141. The van der Waals surface area contributed by atoms with Crippen molar-refractivity contribution in [1.29, 1.82) is 0 Å². The Morgan fingerprint density at radius 3 is 2.43 bits per heavy atom. The van der Waals surface area contributed by atoms with Gasteiger partial charge in [0.25, 0.3) is 0 Å². The molecule has 0 aromatic carbocycles. The molecule has 0 spiro atoms. The third-order valence-corrected chi connectivity index (χ3v) is 3.87. The Balaban J connectivity index is 2.28. The monoisotopic (exact) mass is 303 g/mol. The van der Waals surface area contributed by atoms with Crippen molar-refractivity contribution in [2.45, 2.75) is 33.4 Å². The Hall–Kier alpha value is -1.57. The second kappa shape index (κ2) is 5.32. The fourth-order valence-electron chi connectivity index (χ4n) is 2.48. The van der Waals surface area contributed by atoms with Gasteiger partial charge < -0.3 is 4.90 Å². The molecule has 1 aliphatic rings. The van der Waals surface area contributed by atoms with Crippen molar-refractivity contribution < 1.29 is 13.2 Å². The van der Waals surface area contributed by atoms with Crippen LogP contribution in [0.15, 0.2) is 6.07 Å². The van der Waals surface area contributed by atoms with Crippen LogP contribution in [0.4, 0.5) is 24.9 Å². The normalized spacial score (nSPS) is 20.0. The van der Waals surface area contributed by atoms with Crippen LogP contribution in [-0.2, 0) is 6.18 Å². The number of nitrogen functional groups attached to an aromatic ring is 1. The molecule has 0 aliphatic carbocycles. The minimum Gasteiger partial charge on any atom is -0.356 e. The molecule has 1 atom stereocenters. The summed E-state index contributed by atoms with van der Waals surface area (Å²) in [4.78, 5) is 9.26. The minimum atomic E-state index is -4.52. The van der Waals surface area contributed by atoms with Gasteiger partial charge in [0.15, 0.2) is 5.69 Å². The van der Waals surface area contributed by atoms with E-state index in [1.54, 1.807) is 0 Å². The van der Waals surface area contributed by atoms with Crippen LogP contribution in [0.3, 0.4) is 0 Å². The van der Waals surface area contributed by atoms with Gasteiger partial charge in [-0.15, -0.1) is 0 Å². The van der Waals surface area contributed by atoms with Crippen LogP contribution in [-0.4, -0.2) is 23.1 Å². The second-order valence-corrected chi connectivity index (χ2v) is 6.37. The van der Waals surface area contributed by atoms with Gasteiger partial charge in [-0.2, -0.15) is 18.2 Å². The number of hydrogen-bond acceptors (Lipinski definition) is 5. The molecule has 1 unspecified atom stereocenters. The number of rotatable bonds is 2. The van der Waals surface area contributed by atoms with Gasteiger partial charge in [-0.1, -0.05) is 20.8 Å². The van der Waals surface area contributed by atoms with E-state index in [-0.39, 0.29) is 17.2 Å². The van der Waals surface area contributed by atoms with Crippen LogP contribution in [0.1, 0.15) is 32.9 Å². The molecule has 0 radical (unpaired) electrons. The zero-order valence-corrected chi connectivity index (χ0v) is 12.3. The highest BCUT2D eigenvalue weighted by Gasteiger charge is 2.36. The molecule has 21 heavy (non-hydrogen) atoms. The molecule has 2 rings (SSSR count). The highest BCUT2D eigenvalue weighted by atomic mass is 19.4. The van der Waals surface area contributed by atoms with E-state index in [9.17, 15) is 13.2 Å². The summed E-state index contributed by atoms with van der Waals surface area (Å²) in [7, 11) is 0. The quantitative estimate of drug-likeness (QED) is 0.649. The predicted molar refractivity (Wildman–Crippen MR) is 74.6 cm³/mol. The summed E-state index contributed by atoms with van der Waals surface area (Å²) in [5.74, 6) is 5.62. The fraction of sp³-hybridized carbons (Fsp3) is 0.692. The highest BCUT2D eigenvalue weighted by Crippen LogP contribution is 2.36. The van der Waals surface area contributed by atoms with Crippen molar-refractivity contribution in [3.63, 3.8) is 0 Å². The standard InChI is InChI=1S/C13H20F3N5/c1-12(2,3)8-4-5-21(7-8)10-6-9(13(14,15)16)18-11(19-10)20-17/h6,8H,4-5,7,17H2,1-3H3,(H,18,19,20). The second-order valence-electron chi connectivity index (χ2n) is 6.37. The maximum Gasteiger partial charge on any atom is 0.433 e. The third kappa shape index (κ3) is 3.55. The predicted octanol–water partition coefficient (Wildman–Crippen LogP) is 2.65. The summed E-state index contributed by atoms with van der Waals surface area (Å²) in [6, 6.07) is 0.978. The fourth-order valence-corrected chi connectivity index (χ4v) is 2.48. The summed E-state index contributed by atoms with van der Waals surface area (Å²) in [5.41, 5.74) is 1.22. The van der Waals surface area contributed by atoms with Gasteiger partial charge in [0.05, 0.1) is 0 Å². The molecule has 0 amide bonds. The van der Waals surface area contributed by atoms with Crippen molar-refractivity contribution in [1.82, 2.24) is 9.97 Å². The van der Waals surface area contributed by atoms with Crippen LogP contribution < -0.4 is 16.2 Å². The Labute approximate surface area is 121 Å². The van der Waals surface area contributed by atoms with Crippen LogP contribution in [0.25, 0.3) is 0 Å². The first-order chi connectivity index (χ1) is 9.61. The van der Waals surface area contributed by atoms with Gasteiger partial charge in [0.2, 0.25) is 5.95 Å². The molecule has 1 aromatic rings. The number of hydrogen-bond donors (Lipinski definition) is 2. The number of halogens is 3. The molecule has 0 bridgehead atoms. The molecule has 1 saturated heterocycles. The van der Waals surface area contributed by atoms with Gasteiger partial charge in [-0.3, -0.25) is 5.43 Å². The lowest BCUT2D eigenvalue weighted by Crippen LogP contribution is -2.27. The van der Waals surface area contributed by atoms with E-state index >= 15 is 0 Å². The average Bonchev–Trinajstić information content (AvgIpc) is 2.86. The van der Waals surface area contributed by atoms with E-state index in [0.29, 0.717) is 19.0 Å². The first-order valence-corrected chi connectivity index (χ1v) is 6.79. The molecule has 2 heterocycles. The average molecular weight is 303 g/mol. The van der Waals surface area contributed by atoms with Gasteiger partial charge in [-0.05, 0) is 17.8 Å². The Morgan fingerprint density at radius 1 is 1.29 bits per heavy atom. The minimum absolute atomic E-state index is 0.115. The van der Waals surface area contributed by atoms with Gasteiger partial charge in [0.1, 0.15) is 5.82 Å². The molecular weight excluding hydrogens is 283 g/mol. The number of nitrogens with zero attached hydrogens (tertiary/aromatic N) is 3. The molecule has 5 nitrogen and oxygen atoms in total. The zero-order chi connectivity index (χ0) is 15.8. The smallest absolute Gasteiger partial charge is 0.356 e. The summed E-state index contributed by atoms with van der Waals surface area (Å²) < 4.78 is 38.6. The highest BCUT2D eigenvalue weighted by molar-refractivity contribution is 5.46. The topological polar surface area (TPSA) is 67.1 Å². The molecule has 8 heteroatoms. The van der Waals surface area contributed by atoms with Crippen molar-refractivity contribution in [3.05, 3.63) is 11.8 Å². The van der Waals surface area contributed by atoms with Crippen molar-refractivity contribution in [3.8, 4) is 0 Å². The van der Waals surface area contributed by atoms with Gasteiger partial charge in [-0.25, -0.2) is 10.8 Å². The zero-order valence-electron chi connectivity index (χ0n) is 12.3. The third-order valence-electron chi connectivity index (χ3n) is 3.87. The summed E-state index contributed by atoms with van der Waals surface area (Å²) in [6.07, 6.45) is -3.59. The first-order valence-electron chi connectivity index (χ1n) is 6.79. The maximum absolute atomic E-state index is 12.9. The van der Waals surface area contributed by atoms with Crippen molar-refractivity contribution in [2.24, 2.45) is 17.2 Å². The number of nitrogens with two attached hydrogens (primary N) is 1. The number of alkyl halides is 3. The van der Waals surface area contributed by atoms with Gasteiger partial charge >= 0.3 is 6.18 Å². The van der Waals surface area contributed by atoms with E-state index in [4.69, 9.17) is 5.84 Å². The van der Waals surface area contributed by atoms with E-state index < -0.39 is 11.9 Å². The van der Waals surface area contributed by atoms with E-state index in [1.807, 2.05) is 4.90 Å². The Morgan fingerprint density at radius 2 is 1.95 bits per heavy atom. The number of hydrazine groups is 1. The molecule has 0 saturated carbocycles. The largest absolute Gasteiger partial charge is 0.433 e. The molecule has 1 aliphatic heterocycles. The van der Waals surface area contributed by atoms with Crippen LogP contribution in [0.2, 0.25) is 0 Å². The van der Waals surface area contributed by atoms with Gasteiger partial charge in [0, 0.05) is 19.2 Å². The molecule has 1 fully saturated rings. The summed E-state index contributed by atoms with van der Waals surface area (Å²) in [6.45, 7) is 7.77. The van der Waals surface area contributed by atoms with Crippen molar-refractivity contribution in [2.75, 3.05) is 23.4 Å². The van der Waals surface area contributed by atoms with E-state index in [0.717, 1.165) is 12.5 Å². The molecule has 118 valence electrons. The maximum atomic E-state index is 12.9. The summed E-state index contributed by atoms with van der Waals surface area (Å²) >= 11 is 0. The lowest BCUT2D eigenvalue weighted by atomic mass is 9.80. The number of aromatic nitrogens is 2. The van der Waals surface area contributed by atoms with Crippen LogP contribution in [0.5, 0.6) is 0 Å². The van der Waals surface area contributed by atoms with Crippen LogP contribution >= 0.6 is 0 Å². The Kier molecular flexibility index (Phi) is 4.01. The Bertz CT molecular complexity index is 510. The molecule has 1 aromatic heterocycles. The van der Waals surface area contributed by atoms with E-state index in [1.165, 1.54) is 0 Å². The first kappa shape index (κ1) is 15.8. The number of anilines is 2. The molecule has 3 N–H and O–H groups in total. The van der Waals surface area contributed by atoms with Crippen LogP contribution in [0, 0.1) is 11.3 Å². The SMILES string of the molecule is CC(C)(C)C1CCN(c2cc(C(F)(F)F)nc(NN)n2)C1. The lowest BCUT2D eigenvalue weighted by Gasteiger charge is -2.27.